The normalized spacial score (nSPS) is 11.4. The molecule has 0 aliphatic rings. The molecule has 0 radical (unpaired) electrons. The SMILES string of the molecule is CCc1cc(N=Nc2c([O-])c(C(=O)Nc3ccc(Cl)cc3OC)cc3ccccc23)c(Cl)cc1S(=O)(=O)O.[Na+]. The third kappa shape index (κ3) is 6.72. The maximum absolute atomic E-state index is 13.4. The smallest absolute Gasteiger partial charge is 0.870 e. The fourth-order valence-electron chi connectivity index (χ4n) is 3.82. The third-order valence-electron chi connectivity index (χ3n) is 5.68. The van der Waals surface area contributed by atoms with E-state index in [1.807, 2.05) is 0 Å². The van der Waals surface area contributed by atoms with Gasteiger partial charge in [-0.05, 0) is 47.7 Å². The minimum atomic E-state index is -4.50. The molecule has 4 aromatic rings. The molecule has 0 saturated carbocycles. The van der Waals surface area contributed by atoms with Crippen LogP contribution in [0.15, 0.2) is 75.8 Å². The van der Waals surface area contributed by atoms with Crippen LogP contribution in [0, 0.1) is 0 Å². The van der Waals surface area contributed by atoms with Gasteiger partial charge in [-0.2, -0.15) is 13.5 Å². The number of hydrogen-bond donors (Lipinski definition) is 2. The molecule has 4 rings (SSSR count). The van der Waals surface area contributed by atoms with Crippen molar-refractivity contribution >= 4 is 67.1 Å². The number of ether oxygens (including phenoxy) is 1. The fraction of sp³-hybridized carbons (Fsp3) is 0.115. The molecular formula is C26H20Cl2N3NaO6S. The number of methoxy groups -OCH3 is 1. The zero-order valence-corrected chi connectivity index (χ0v) is 25.4. The molecular weight excluding hydrogens is 576 g/mol. The molecule has 1 amide bonds. The van der Waals surface area contributed by atoms with Crippen molar-refractivity contribution < 1.29 is 57.2 Å². The molecule has 0 aliphatic heterocycles. The van der Waals surface area contributed by atoms with Crippen LogP contribution in [0.1, 0.15) is 22.8 Å². The molecule has 9 nitrogen and oxygen atoms in total. The first-order chi connectivity index (χ1) is 18.0. The van der Waals surface area contributed by atoms with Crippen LogP contribution in [0.4, 0.5) is 17.1 Å². The maximum Gasteiger partial charge on any atom is 1.00 e. The van der Waals surface area contributed by atoms with E-state index in [-0.39, 0.29) is 68.4 Å². The molecule has 0 bridgehead atoms. The molecule has 0 heterocycles. The monoisotopic (exact) mass is 595 g/mol. The molecule has 0 spiro atoms. The topological polar surface area (TPSA) is 140 Å². The third-order valence-corrected chi connectivity index (χ3v) is 7.15. The number of carbonyl (C=O) groups is 1. The average molecular weight is 596 g/mol. The predicted molar refractivity (Wildman–Crippen MR) is 144 cm³/mol. The van der Waals surface area contributed by atoms with Crippen LogP contribution in [0.2, 0.25) is 10.0 Å². The fourth-order valence-corrected chi connectivity index (χ4v) is 5.05. The number of fused-ring (bicyclic) bond motifs is 1. The predicted octanol–water partition coefficient (Wildman–Crippen LogP) is 3.71. The van der Waals surface area contributed by atoms with Gasteiger partial charge in [0.15, 0.2) is 0 Å². The number of azo groups is 1. The summed E-state index contributed by atoms with van der Waals surface area (Å²) in [6.07, 6.45) is 0.258. The summed E-state index contributed by atoms with van der Waals surface area (Å²) in [6, 6.07) is 15.4. The second-order valence-corrected chi connectivity index (χ2v) is 10.3. The molecule has 0 atom stereocenters. The number of nitrogens with zero attached hydrogens (tertiary/aromatic N) is 2. The van der Waals surface area contributed by atoms with E-state index in [4.69, 9.17) is 27.9 Å². The Morgan fingerprint density at radius 1 is 1.08 bits per heavy atom. The van der Waals surface area contributed by atoms with Crippen molar-refractivity contribution in [2.24, 2.45) is 10.2 Å². The Morgan fingerprint density at radius 2 is 1.79 bits per heavy atom. The van der Waals surface area contributed by atoms with Gasteiger partial charge in [0.25, 0.3) is 16.0 Å². The molecule has 39 heavy (non-hydrogen) atoms. The van der Waals surface area contributed by atoms with Gasteiger partial charge in [0.1, 0.15) is 11.4 Å². The van der Waals surface area contributed by atoms with Crippen molar-refractivity contribution in [3.05, 3.63) is 81.8 Å². The molecule has 4 aromatic carbocycles. The van der Waals surface area contributed by atoms with E-state index in [2.05, 4.69) is 15.5 Å². The molecule has 0 aromatic heterocycles. The van der Waals surface area contributed by atoms with Crippen molar-refractivity contribution in [2.75, 3.05) is 12.4 Å². The number of amides is 1. The summed E-state index contributed by atoms with van der Waals surface area (Å²) in [5, 5.41) is 25.6. The summed E-state index contributed by atoms with van der Waals surface area (Å²) in [5.74, 6) is -1.06. The second-order valence-electron chi connectivity index (χ2n) is 8.06. The number of anilines is 1. The summed E-state index contributed by atoms with van der Waals surface area (Å²) in [7, 11) is -3.08. The van der Waals surface area contributed by atoms with Crippen molar-refractivity contribution in [1.82, 2.24) is 0 Å². The van der Waals surface area contributed by atoms with E-state index in [0.717, 1.165) is 6.07 Å². The number of halogens is 2. The van der Waals surface area contributed by atoms with Crippen LogP contribution in [0.25, 0.3) is 10.8 Å². The zero-order valence-electron chi connectivity index (χ0n) is 21.0. The molecule has 0 aliphatic carbocycles. The van der Waals surface area contributed by atoms with E-state index in [9.17, 15) is 22.9 Å². The minimum Gasteiger partial charge on any atom is -0.870 e. The summed E-state index contributed by atoms with van der Waals surface area (Å²) < 4.78 is 38.1. The van der Waals surface area contributed by atoms with E-state index < -0.39 is 21.8 Å². The van der Waals surface area contributed by atoms with Crippen molar-refractivity contribution in [2.45, 2.75) is 18.2 Å². The number of aryl methyl sites for hydroxylation is 1. The van der Waals surface area contributed by atoms with Crippen LogP contribution < -0.4 is 44.7 Å². The van der Waals surface area contributed by atoms with Gasteiger partial charge in [-0.25, -0.2) is 0 Å². The Kier molecular flexibility index (Phi) is 10.0. The van der Waals surface area contributed by atoms with Crippen LogP contribution >= 0.6 is 23.2 Å². The first kappa shape index (κ1) is 30.8. The molecule has 196 valence electrons. The van der Waals surface area contributed by atoms with Gasteiger partial charge in [-0.3, -0.25) is 9.35 Å². The van der Waals surface area contributed by atoms with Crippen LogP contribution in [-0.2, 0) is 16.5 Å². The summed E-state index contributed by atoms with van der Waals surface area (Å²) >= 11 is 12.2. The van der Waals surface area contributed by atoms with Gasteiger partial charge < -0.3 is 15.2 Å². The van der Waals surface area contributed by atoms with Crippen molar-refractivity contribution in [3.8, 4) is 11.5 Å². The van der Waals surface area contributed by atoms with Gasteiger partial charge in [-0.1, -0.05) is 60.1 Å². The van der Waals surface area contributed by atoms with Gasteiger partial charge in [0.2, 0.25) is 0 Å². The van der Waals surface area contributed by atoms with Gasteiger partial charge in [-0.15, -0.1) is 5.11 Å². The van der Waals surface area contributed by atoms with E-state index in [1.54, 1.807) is 43.3 Å². The van der Waals surface area contributed by atoms with Gasteiger partial charge >= 0.3 is 29.6 Å². The second kappa shape index (κ2) is 12.6. The Morgan fingerprint density at radius 3 is 2.46 bits per heavy atom. The van der Waals surface area contributed by atoms with E-state index in [1.165, 1.54) is 25.3 Å². The zero-order chi connectivity index (χ0) is 27.6. The van der Waals surface area contributed by atoms with Crippen LogP contribution in [-0.4, -0.2) is 26.0 Å². The molecule has 13 heteroatoms. The van der Waals surface area contributed by atoms with Gasteiger partial charge in [0.05, 0.1) is 28.4 Å². The number of hydrogen-bond acceptors (Lipinski definition) is 7. The van der Waals surface area contributed by atoms with Gasteiger partial charge in [0, 0.05) is 22.0 Å². The number of nitrogens with one attached hydrogen (secondary N) is 1. The van der Waals surface area contributed by atoms with E-state index >= 15 is 0 Å². The van der Waals surface area contributed by atoms with Crippen LogP contribution in [0.3, 0.4) is 0 Å². The standard InChI is InChI=1S/C26H21Cl2N3O6S.Na/c1-3-14-11-21(19(28)13-23(14)38(34,35)36)30-31-24-17-7-5-4-6-15(17)10-18(25(24)32)26(33)29-20-9-8-16(27)12-22(20)37-2;/h4-13,32H,3H2,1-2H3,(H,29,33)(H,34,35,36);/q;+1/p-1. The number of rotatable bonds is 7. The molecule has 0 saturated heterocycles. The van der Waals surface area contributed by atoms with Crippen molar-refractivity contribution in [3.63, 3.8) is 0 Å². The molecule has 0 fully saturated rings. The quantitative estimate of drug-likeness (QED) is 0.189. The maximum atomic E-state index is 13.4. The number of carbonyl (C=O) groups excluding carboxylic acids is 1. The Balaban J connectivity index is 0.00000420. The Bertz CT molecular complexity index is 1710. The first-order valence-corrected chi connectivity index (χ1v) is 13.3. The summed E-state index contributed by atoms with van der Waals surface area (Å²) in [6.45, 7) is 1.69. The molecule has 0 unspecified atom stereocenters. The Labute approximate surface area is 256 Å². The largest absolute Gasteiger partial charge is 1.00 e. The number of benzene rings is 4. The first-order valence-electron chi connectivity index (χ1n) is 11.1. The average Bonchev–Trinajstić information content (AvgIpc) is 2.88. The van der Waals surface area contributed by atoms with E-state index in [0.29, 0.717) is 27.2 Å². The summed E-state index contributed by atoms with van der Waals surface area (Å²) in [4.78, 5) is 12.8. The summed E-state index contributed by atoms with van der Waals surface area (Å²) in [5.41, 5.74) is 0.375. The Hall–Kier alpha value is -2.70. The van der Waals surface area contributed by atoms with Crippen LogP contribution in [0.5, 0.6) is 11.5 Å². The minimum absolute atomic E-state index is 0. The van der Waals surface area contributed by atoms with Crippen molar-refractivity contribution in [1.29, 1.82) is 0 Å². The molecule has 2 N–H and O–H groups in total.